The van der Waals surface area contributed by atoms with Gasteiger partial charge in [0.2, 0.25) is 0 Å². The van der Waals surface area contributed by atoms with Crippen LogP contribution in [-0.4, -0.2) is 30.8 Å². The van der Waals surface area contributed by atoms with Crippen molar-refractivity contribution in [2.24, 2.45) is 0 Å². The van der Waals surface area contributed by atoms with Crippen LogP contribution in [0.3, 0.4) is 0 Å². The van der Waals surface area contributed by atoms with E-state index in [1.807, 2.05) is 0 Å². The number of hydrogen-bond acceptors (Lipinski definition) is 4. The van der Waals surface area contributed by atoms with E-state index >= 15 is 0 Å². The van der Waals surface area contributed by atoms with Crippen LogP contribution in [0.15, 0.2) is 53.4 Å². The predicted molar refractivity (Wildman–Crippen MR) is 95.5 cm³/mol. The number of carbonyl (C=O) groups is 1. The standard InChI is InChI=1S/C18H15F3N2O4S/c1-17(25,11-28(26,27)13-6-4-3-5-7-13)16(24)23-12-8-9-15(22-2)14(10-12)18(19,20)21/h3-10,25H,11H2,1H3,(H,23,24). The normalized spacial score (nSPS) is 14.0. The number of halogens is 3. The number of sulfone groups is 1. The van der Waals surface area contributed by atoms with Crippen molar-refractivity contribution < 1.29 is 31.5 Å². The van der Waals surface area contributed by atoms with Gasteiger partial charge in [-0.2, -0.15) is 13.2 Å². The summed E-state index contributed by atoms with van der Waals surface area (Å²) in [6.07, 6.45) is -4.82. The van der Waals surface area contributed by atoms with Gasteiger partial charge >= 0.3 is 6.18 Å². The fourth-order valence-electron chi connectivity index (χ4n) is 2.35. The van der Waals surface area contributed by atoms with Crippen LogP contribution in [0.1, 0.15) is 12.5 Å². The molecule has 0 aliphatic heterocycles. The number of aliphatic hydroxyl groups is 1. The Hall–Kier alpha value is -2.90. The summed E-state index contributed by atoms with van der Waals surface area (Å²) < 4.78 is 63.7. The van der Waals surface area contributed by atoms with Crippen molar-refractivity contribution in [3.63, 3.8) is 0 Å². The molecule has 0 bridgehead atoms. The fraction of sp³-hybridized carbons (Fsp3) is 0.222. The van der Waals surface area contributed by atoms with E-state index in [-0.39, 0.29) is 10.6 Å². The number of rotatable bonds is 5. The molecule has 0 aliphatic rings. The third kappa shape index (κ3) is 4.88. The SMILES string of the molecule is [C-]#[N+]c1ccc(NC(=O)C(C)(O)CS(=O)(=O)c2ccccc2)cc1C(F)(F)F. The second kappa shape index (κ2) is 7.61. The van der Waals surface area contributed by atoms with Crippen molar-refractivity contribution in [3.05, 3.63) is 65.5 Å². The predicted octanol–water partition coefficient (Wildman–Crippen LogP) is 3.42. The molecule has 0 saturated heterocycles. The Balaban J connectivity index is 2.25. The number of amides is 1. The molecule has 10 heteroatoms. The van der Waals surface area contributed by atoms with Crippen molar-refractivity contribution in [2.45, 2.75) is 23.6 Å². The molecule has 0 saturated carbocycles. The summed E-state index contributed by atoms with van der Waals surface area (Å²) in [5.74, 6) is -2.17. The first-order valence-corrected chi connectivity index (χ1v) is 9.42. The Morgan fingerprint density at radius 2 is 1.79 bits per heavy atom. The molecule has 2 aromatic carbocycles. The highest BCUT2D eigenvalue weighted by Gasteiger charge is 2.38. The molecule has 0 aliphatic carbocycles. The molecule has 148 valence electrons. The largest absolute Gasteiger partial charge is 0.407 e. The Kier molecular flexibility index (Phi) is 5.82. The monoisotopic (exact) mass is 412 g/mol. The summed E-state index contributed by atoms with van der Waals surface area (Å²) in [4.78, 5) is 15.0. The van der Waals surface area contributed by atoms with Gasteiger partial charge in [0, 0.05) is 5.69 Å². The average Bonchev–Trinajstić information content (AvgIpc) is 2.61. The van der Waals surface area contributed by atoms with Gasteiger partial charge in [0.25, 0.3) is 5.91 Å². The van der Waals surface area contributed by atoms with E-state index in [2.05, 4.69) is 10.2 Å². The quantitative estimate of drug-likeness (QED) is 0.737. The molecule has 2 rings (SSSR count). The molecule has 0 radical (unpaired) electrons. The number of hydrogen-bond donors (Lipinski definition) is 2. The van der Waals surface area contributed by atoms with Crippen LogP contribution in [0.2, 0.25) is 0 Å². The lowest BCUT2D eigenvalue weighted by atomic mass is 10.1. The first-order valence-electron chi connectivity index (χ1n) is 7.77. The number of benzene rings is 2. The second-order valence-electron chi connectivity index (χ2n) is 6.14. The van der Waals surface area contributed by atoms with E-state index in [1.165, 1.54) is 24.3 Å². The van der Waals surface area contributed by atoms with E-state index in [0.29, 0.717) is 6.07 Å². The van der Waals surface area contributed by atoms with E-state index < -0.39 is 44.5 Å². The van der Waals surface area contributed by atoms with E-state index in [9.17, 15) is 31.5 Å². The Morgan fingerprint density at radius 1 is 1.18 bits per heavy atom. The number of nitrogens with zero attached hydrogens (tertiary/aromatic N) is 1. The number of alkyl halides is 3. The van der Waals surface area contributed by atoms with Crippen LogP contribution >= 0.6 is 0 Å². The first kappa shape index (κ1) is 21.4. The van der Waals surface area contributed by atoms with Gasteiger partial charge in [-0.15, -0.1) is 0 Å². The summed E-state index contributed by atoms with van der Waals surface area (Å²) in [6, 6.07) is 9.60. The molecule has 0 aromatic heterocycles. The Labute approximate surface area is 159 Å². The van der Waals surface area contributed by atoms with Gasteiger partial charge in [0.15, 0.2) is 21.1 Å². The molecule has 0 heterocycles. The van der Waals surface area contributed by atoms with E-state index in [4.69, 9.17) is 6.57 Å². The van der Waals surface area contributed by atoms with E-state index in [1.54, 1.807) is 6.07 Å². The van der Waals surface area contributed by atoms with Crippen LogP contribution in [0.5, 0.6) is 0 Å². The van der Waals surface area contributed by atoms with Crippen LogP contribution in [0, 0.1) is 6.57 Å². The molecular formula is C18H15F3N2O4S. The number of carbonyl (C=O) groups excluding carboxylic acids is 1. The van der Waals surface area contributed by atoms with Gasteiger partial charge < -0.3 is 10.4 Å². The third-order valence-corrected chi connectivity index (χ3v) is 5.68. The molecule has 2 N–H and O–H groups in total. The maximum absolute atomic E-state index is 13.0. The van der Waals surface area contributed by atoms with Gasteiger partial charge in [-0.05, 0) is 31.2 Å². The highest BCUT2D eigenvalue weighted by atomic mass is 32.2. The topological polar surface area (TPSA) is 87.8 Å². The van der Waals surface area contributed by atoms with Crippen molar-refractivity contribution in [2.75, 3.05) is 11.1 Å². The minimum Gasteiger partial charge on any atom is -0.379 e. The summed E-state index contributed by atoms with van der Waals surface area (Å²) >= 11 is 0. The first-order chi connectivity index (χ1) is 12.9. The number of anilines is 1. The molecule has 1 amide bonds. The maximum atomic E-state index is 13.0. The molecule has 1 atom stereocenters. The zero-order valence-corrected chi connectivity index (χ0v) is 15.3. The van der Waals surface area contributed by atoms with Crippen molar-refractivity contribution >= 4 is 27.1 Å². The lowest BCUT2D eigenvalue weighted by molar-refractivity contribution is -0.137. The fourth-order valence-corrected chi connectivity index (χ4v) is 3.96. The lowest BCUT2D eigenvalue weighted by Gasteiger charge is -2.22. The summed E-state index contributed by atoms with van der Waals surface area (Å²) in [7, 11) is -4.03. The van der Waals surface area contributed by atoms with Crippen molar-refractivity contribution in [1.82, 2.24) is 0 Å². The summed E-state index contributed by atoms with van der Waals surface area (Å²) in [6.45, 7) is 7.73. The minimum absolute atomic E-state index is 0.108. The number of nitrogens with one attached hydrogen (secondary N) is 1. The van der Waals surface area contributed by atoms with Gasteiger partial charge in [-0.3, -0.25) is 4.79 Å². The molecule has 0 spiro atoms. The molecule has 1 unspecified atom stereocenters. The molecule has 6 nitrogen and oxygen atoms in total. The lowest BCUT2D eigenvalue weighted by Crippen LogP contribution is -2.45. The average molecular weight is 412 g/mol. The van der Waals surface area contributed by atoms with Crippen LogP contribution < -0.4 is 5.32 Å². The van der Waals surface area contributed by atoms with Gasteiger partial charge in [-0.25, -0.2) is 13.3 Å². The van der Waals surface area contributed by atoms with Crippen LogP contribution in [-0.2, 0) is 20.8 Å². The van der Waals surface area contributed by atoms with Crippen LogP contribution in [0.4, 0.5) is 24.5 Å². The molecular weight excluding hydrogens is 397 g/mol. The Bertz CT molecular complexity index is 1030. The Morgan fingerprint density at radius 3 is 2.32 bits per heavy atom. The highest BCUT2D eigenvalue weighted by molar-refractivity contribution is 7.91. The van der Waals surface area contributed by atoms with Gasteiger partial charge in [0.05, 0.1) is 22.8 Å². The van der Waals surface area contributed by atoms with Crippen molar-refractivity contribution in [3.8, 4) is 0 Å². The summed E-state index contributed by atoms with van der Waals surface area (Å²) in [5, 5.41) is 12.4. The molecule has 0 fully saturated rings. The molecule has 28 heavy (non-hydrogen) atoms. The van der Waals surface area contributed by atoms with Crippen molar-refractivity contribution in [1.29, 1.82) is 0 Å². The third-order valence-electron chi connectivity index (χ3n) is 3.74. The van der Waals surface area contributed by atoms with Crippen LogP contribution in [0.25, 0.3) is 4.85 Å². The highest BCUT2D eigenvalue weighted by Crippen LogP contribution is 2.38. The minimum atomic E-state index is -4.82. The summed E-state index contributed by atoms with van der Waals surface area (Å²) in [5.41, 5.74) is -4.64. The zero-order chi connectivity index (χ0) is 21.2. The maximum Gasteiger partial charge on any atom is 0.407 e. The van der Waals surface area contributed by atoms with Gasteiger partial charge in [0.1, 0.15) is 0 Å². The second-order valence-corrected chi connectivity index (χ2v) is 8.13. The zero-order valence-electron chi connectivity index (χ0n) is 14.5. The molecule has 2 aromatic rings. The van der Waals surface area contributed by atoms with E-state index in [0.717, 1.165) is 19.1 Å². The van der Waals surface area contributed by atoms with Gasteiger partial charge in [-0.1, -0.05) is 24.3 Å². The smallest absolute Gasteiger partial charge is 0.379 e.